The summed E-state index contributed by atoms with van der Waals surface area (Å²) in [5.74, 6) is 0. The van der Waals surface area contributed by atoms with E-state index in [2.05, 4.69) is 210 Å². The number of benzene rings is 9. The summed E-state index contributed by atoms with van der Waals surface area (Å²) in [6.07, 6.45) is 0. The van der Waals surface area contributed by atoms with Crippen LogP contribution in [0.4, 0.5) is 17.1 Å². The van der Waals surface area contributed by atoms with Gasteiger partial charge in [-0.15, -0.1) is 11.3 Å². The molecule has 4 heteroatoms. The van der Waals surface area contributed by atoms with E-state index in [1.807, 2.05) is 23.5 Å². The van der Waals surface area contributed by atoms with Gasteiger partial charge in [0.2, 0.25) is 0 Å². The average molecular weight is 775 g/mol. The lowest BCUT2D eigenvalue weighted by atomic mass is 10.0. The highest BCUT2D eigenvalue weighted by Crippen LogP contribution is 2.42. The highest BCUT2D eigenvalue weighted by Gasteiger charge is 2.17. The molecule has 2 heterocycles. The molecule has 0 fully saturated rings. The van der Waals surface area contributed by atoms with Crippen molar-refractivity contribution in [1.82, 2.24) is 4.57 Å². The topological polar surface area (TPSA) is 28.4 Å². The van der Waals surface area contributed by atoms with Crippen LogP contribution in [0.3, 0.4) is 0 Å². The highest BCUT2D eigenvalue weighted by molar-refractivity contribution is 7.26. The summed E-state index contributed by atoms with van der Waals surface area (Å²) in [5, 5.41) is 14.7. The summed E-state index contributed by atoms with van der Waals surface area (Å²) in [6.45, 7) is 0.0329. The Morgan fingerprint density at radius 2 is 0.949 bits per heavy atom. The first kappa shape index (κ1) is 35.0. The number of rotatable bonds is 8. The van der Waals surface area contributed by atoms with Gasteiger partial charge in [0.1, 0.15) is 0 Å². The lowest BCUT2D eigenvalue weighted by molar-refractivity contribution is 0.282. The van der Waals surface area contributed by atoms with Crippen molar-refractivity contribution in [3.05, 3.63) is 218 Å². The maximum Gasteiger partial charge on any atom is 0.0681 e. The van der Waals surface area contributed by atoms with Crippen molar-refractivity contribution in [2.45, 2.75) is 6.61 Å². The SMILES string of the molecule is OCc1ccc(-n2c3ccccc3c3cc(-c4ccc(N(c5ccc(-c6ccccc6)cc5)c5ccc(-c6cccc7c6sc6ccccc67)cc5)cc4)ccc32)cc1. The van der Waals surface area contributed by atoms with Crippen LogP contribution in [0.2, 0.25) is 0 Å². The molecule has 0 aliphatic carbocycles. The van der Waals surface area contributed by atoms with Gasteiger partial charge in [-0.25, -0.2) is 0 Å². The summed E-state index contributed by atoms with van der Waals surface area (Å²) >= 11 is 1.87. The molecular weight excluding hydrogens is 737 g/mol. The van der Waals surface area contributed by atoms with Crippen molar-refractivity contribution < 1.29 is 5.11 Å². The molecule has 59 heavy (non-hydrogen) atoms. The van der Waals surface area contributed by atoms with Crippen molar-refractivity contribution in [2.24, 2.45) is 0 Å². The lowest BCUT2D eigenvalue weighted by Crippen LogP contribution is -2.09. The van der Waals surface area contributed by atoms with E-state index in [4.69, 9.17) is 0 Å². The van der Waals surface area contributed by atoms with Gasteiger partial charge >= 0.3 is 0 Å². The summed E-state index contributed by atoms with van der Waals surface area (Å²) in [4.78, 5) is 2.35. The van der Waals surface area contributed by atoms with E-state index in [1.165, 1.54) is 58.8 Å². The molecule has 11 aromatic rings. The van der Waals surface area contributed by atoms with E-state index in [0.29, 0.717) is 0 Å². The van der Waals surface area contributed by atoms with Gasteiger partial charge in [-0.1, -0.05) is 140 Å². The molecule has 0 spiro atoms. The van der Waals surface area contributed by atoms with Crippen LogP contribution in [0, 0.1) is 0 Å². The summed E-state index contributed by atoms with van der Waals surface area (Å²) in [5.41, 5.74) is 14.8. The fourth-order valence-corrected chi connectivity index (χ4v) is 9.87. The molecule has 9 aromatic carbocycles. The van der Waals surface area contributed by atoms with Gasteiger partial charge in [0.05, 0.1) is 17.6 Å². The molecule has 11 rings (SSSR count). The largest absolute Gasteiger partial charge is 0.392 e. The van der Waals surface area contributed by atoms with Crippen LogP contribution in [0.25, 0.3) is 81.0 Å². The van der Waals surface area contributed by atoms with Crippen LogP contribution in [0.1, 0.15) is 5.56 Å². The quantitative estimate of drug-likeness (QED) is 0.167. The Bertz CT molecular complexity index is 3270. The number of anilines is 3. The van der Waals surface area contributed by atoms with E-state index >= 15 is 0 Å². The van der Waals surface area contributed by atoms with E-state index in [1.54, 1.807) is 0 Å². The van der Waals surface area contributed by atoms with Gasteiger partial charge in [0, 0.05) is 53.7 Å². The zero-order chi connectivity index (χ0) is 39.3. The van der Waals surface area contributed by atoms with Crippen molar-refractivity contribution in [3.8, 4) is 39.1 Å². The Morgan fingerprint density at radius 3 is 1.64 bits per heavy atom. The molecule has 0 radical (unpaired) electrons. The second-order valence-corrected chi connectivity index (χ2v) is 16.1. The average Bonchev–Trinajstić information content (AvgIpc) is 3.86. The minimum Gasteiger partial charge on any atom is -0.392 e. The van der Waals surface area contributed by atoms with Crippen LogP contribution < -0.4 is 4.90 Å². The van der Waals surface area contributed by atoms with Gasteiger partial charge in [-0.2, -0.15) is 0 Å². The number of hydrogen-bond donors (Lipinski definition) is 1. The minimum atomic E-state index is 0.0329. The molecule has 3 nitrogen and oxygen atoms in total. The van der Waals surface area contributed by atoms with Crippen molar-refractivity contribution in [1.29, 1.82) is 0 Å². The second kappa shape index (κ2) is 14.6. The lowest BCUT2D eigenvalue weighted by Gasteiger charge is -2.26. The third-order valence-corrected chi connectivity index (χ3v) is 12.8. The Hall–Kier alpha value is -7.24. The predicted octanol–water partition coefficient (Wildman–Crippen LogP) is 15.1. The summed E-state index contributed by atoms with van der Waals surface area (Å²) in [7, 11) is 0. The Balaban J connectivity index is 0.974. The monoisotopic (exact) mass is 774 g/mol. The van der Waals surface area contributed by atoms with Crippen LogP contribution >= 0.6 is 11.3 Å². The normalized spacial score (nSPS) is 11.5. The summed E-state index contributed by atoms with van der Waals surface area (Å²) in [6, 6.07) is 76.3. The molecular formula is C55H38N2OS. The van der Waals surface area contributed by atoms with E-state index in [0.717, 1.165) is 44.9 Å². The molecule has 2 aromatic heterocycles. The zero-order valence-electron chi connectivity index (χ0n) is 32.2. The molecule has 0 saturated heterocycles. The van der Waals surface area contributed by atoms with E-state index in [9.17, 15) is 5.11 Å². The molecule has 280 valence electrons. The smallest absolute Gasteiger partial charge is 0.0681 e. The molecule has 0 unspecified atom stereocenters. The molecule has 0 saturated carbocycles. The van der Waals surface area contributed by atoms with Crippen molar-refractivity contribution in [3.63, 3.8) is 0 Å². The third kappa shape index (κ3) is 6.18. The number of aliphatic hydroxyl groups excluding tert-OH is 1. The van der Waals surface area contributed by atoms with Crippen LogP contribution in [0.5, 0.6) is 0 Å². The Kier molecular flexibility index (Phi) is 8.66. The molecule has 0 bridgehead atoms. The van der Waals surface area contributed by atoms with Crippen molar-refractivity contribution in [2.75, 3.05) is 4.90 Å². The van der Waals surface area contributed by atoms with Gasteiger partial charge in [0.15, 0.2) is 0 Å². The zero-order valence-corrected chi connectivity index (χ0v) is 33.0. The predicted molar refractivity (Wildman–Crippen MR) is 251 cm³/mol. The molecule has 1 N–H and O–H groups in total. The van der Waals surface area contributed by atoms with Gasteiger partial charge in [0.25, 0.3) is 0 Å². The van der Waals surface area contributed by atoms with Gasteiger partial charge < -0.3 is 14.6 Å². The Labute approximate surface area is 346 Å². The van der Waals surface area contributed by atoms with E-state index in [-0.39, 0.29) is 6.61 Å². The molecule has 0 aliphatic rings. The second-order valence-electron chi connectivity index (χ2n) is 15.0. The number of hydrogen-bond acceptors (Lipinski definition) is 3. The standard InChI is InChI=1S/C55H38N2OS/c58-36-37-17-26-46(27-18-37)57-52-15-6-4-11-48(52)51-35-42(25-34-53(51)57)40-21-30-44(31-22-40)56(43-28-19-39(20-29-43)38-9-2-1-3-10-38)45-32-23-41(24-33-45)47-13-8-14-50-49-12-5-7-16-54(49)59-55(47)50/h1-35,58H,36H2. The van der Waals surface area contributed by atoms with Gasteiger partial charge in [-0.05, 0) is 112 Å². The first-order chi connectivity index (χ1) is 29.2. The number of aliphatic hydroxyl groups is 1. The molecule has 0 aliphatic heterocycles. The number of thiophene rings is 1. The van der Waals surface area contributed by atoms with Crippen LogP contribution in [0.15, 0.2) is 212 Å². The molecule has 0 amide bonds. The minimum absolute atomic E-state index is 0.0329. The maximum absolute atomic E-state index is 9.64. The fraction of sp³-hybridized carbons (Fsp3) is 0.0182. The third-order valence-electron chi connectivity index (χ3n) is 11.6. The van der Waals surface area contributed by atoms with Gasteiger partial charge in [-0.3, -0.25) is 0 Å². The molecule has 0 atom stereocenters. The number of nitrogens with zero attached hydrogens (tertiary/aromatic N) is 2. The van der Waals surface area contributed by atoms with Crippen molar-refractivity contribution >= 4 is 70.4 Å². The number of para-hydroxylation sites is 1. The van der Waals surface area contributed by atoms with E-state index < -0.39 is 0 Å². The first-order valence-corrected chi connectivity index (χ1v) is 20.8. The van der Waals surface area contributed by atoms with Crippen LogP contribution in [-0.2, 0) is 6.61 Å². The maximum atomic E-state index is 9.64. The Morgan fingerprint density at radius 1 is 0.407 bits per heavy atom. The first-order valence-electron chi connectivity index (χ1n) is 20.0. The number of fused-ring (bicyclic) bond motifs is 6. The summed E-state index contributed by atoms with van der Waals surface area (Å²) < 4.78 is 4.95. The number of aromatic nitrogens is 1. The van der Waals surface area contributed by atoms with Crippen LogP contribution in [-0.4, -0.2) is 9.67 Å². The fourth-order valence-electron chi connectivity index (χ4n) is 8.63. The highest BCUT2D eigenvalue weighted by atomic mass is 32.1.